The van der Waals surface area contributed by atoms with Gasteiger partial charge in [0, 0.05) is 0 Å². The Balaban J connectivity index is 0.000000329. The molecule has 0 amide bonds. The van der Waals surface area contributed by atoms with Crippen LogP contribution in [0.3, 0.4) is 0 Å². The van der Waals surface area contributed by atoms with Crippen molar-refractivity contribution in [3.05, 3.63) is 107 Å². The van der Waals surface area contributed by atoms with Crippen molar-refractivity contribution >= 4 is 23.9 Å². The van der Waals surface area contributed by atoms with Crippen LogP contribution in [0.2, 0.25) is 0 Å². The van der Waals surface area contributed by atoms with Gasteiger partial charge in [-0.2, -0.15) is 0 Å². The molecule has 0 aromatic heterocycles. The van der Waals surface area contributed by atoms with E-state index in [0.717, 1.165) is 25.7 Å². The van der Waals surface area contributed by atoms with Gasteiger partial charge in [0.1, 0.15) is 0 Å². The Hall–Kier alpha value is -4.46. The maximum atomic E-state index is 11.9. The van der Waals surface area contributed by atoms with Crippen LogP contribution in [0.25, 0.3) is 0 Å². The molecule has 0 fully saturated rings. The van der Waals surface area contributed by atoms with Crippen molar-refractivity contribution in [1.82, 2.24) is 0 Å². The quantitative estimate of drug-likeness (QED) is 0.232. The molecule has 0 unspecified atom stereocenters. The summed E-state index contributed by atoms with van der Waals surface area (Å²) in [6.07, 6.45) is 3.53. The normalized spacial score (nSPS) is 9.53. The maximum Gasteiger partial charge on any atom is 0.339 e. The molecule has 3 aromatic carbocycles. The van der Waals surface area contributed by atoms with E-state index >= 15 is 0 Å². The monoisotopic (exact) mass is 522 g/mol. The third-order valence-electron chi connectivity index (χ3n) is 4.87. The molecule has 0 atom stereocenters. The van der Waals surface area contributed by atoms with Crippen molar-refractivity contribution in [1.29, 1.82) is 0 Å². The van der Waals surface area contributed by atoms with Crippen LogP contribution in [-0.2, 0) is 9.47 Å². The molecule has 0 saturated carbocycles. The fourth-order valence-electron chi connectivity index (χ4n) is 2.77. The second kappa shape index (κ2) is 18.8. The average molecular weight is 523 g/mol. The Bertz CT molecular complexity index is 1040. The highest BCUT2D eigenvalue weighted by atomic mass is 16.5. The van der Waals surface area contributed by atoms with Crippen molar-refractivity contribution in [3.63, 3.8) is 0 Å². The number of rotatable bonds is 10. The second-order valence-corrected chi connectivity index (χ2v) is 7.87. The predicted octanol–water partition coefficient (Wildman–Crippen LogP) is 6.37. The number of carbonyl (C=O) groups is 4. The van der Waals surface area contributed by atoms with Crippen LogP contribution in [0.5, 0.6) is 0 Å². The minimum Gasteiger partial charge on any atom is -0.478 e. The molecule has 0 bridgehead atoms. The van der Waals surface area contributed by atoms with Gasteiger partial charge in [-0.05, 0) is 49.2 Å². The fraction of sp³-hybridized carbons (Fsp3) is 0.267. The van der Waals surface area contributed by atoms with Crippen LogP contribution in [0, 0.1) is 0 Å². The van der Waals surface area contributed by atoms with E-state index in [1.54, 1.807) is 84.9 Å². The molecule has 3 rings (SSSR count). The average Bonchev–Trinajstić information content (AvgIpc) is 2.95. The van der Waals surface area contributed by atoms with Gasteiger partial charge >= 0.3 is 23.9 Å². The Morgan fingerprint density at radius 2 is 0.868 bits per heavy atom. The van der Waals surface area contributed by atoms with Crippen LogP contribution in [0.4, 0.5) is 0 Å². The molecule has 0 aliphatic heterocycles. The van der Waals surface area contributed by atoms with Gasteiger partial charge < -0.3 is 19.7 Å². The molecule has 2 N–H and O–H groups in total. The van der Waals surface area contributed by atoms with E-state index in [-0.39, 0.29) is 11.1 Å². The Morgan fingerprint density at radius 1 is 0.553 bits per heavy atom. The van der Waals surface area contributed by atoms with E-state index in [0.29, 0.717) is 24.3 Å². The number of unbranched alkanes of at least 4 members (excludes halogenated alkanes) is 2. The predicted molar refractivity (Wildman–Crippen MR) is 144 cm³/mol. The third kappa shape index (κ3) is 12.5. The minimum atomic E-state index is -0.879. The second-order valence-electron chi connectivity index (χ2n) is 7.87. The third-order valence-corrected chi connectivity index (χ3v) is 4.87. The Labute approximate surface area is 222 Å². The highest BCUT2D eigenvalue weighted by Gasteiger charge is 2.18. The first-order valence-electron chi connectivity index (χ1n) is 12.3. The van der Waals surface area contributed by atoms with Gasteiger partial charge in [0.15, 0.2) is 0 Å². The first kappa shape index (κ1) is 31.6. The summed E-state index contributed by atoms with van der Waals surface area (Å²) in [4.78, 5) is 44.3. The Kier molecular flexibility index (Phi) is 15.6. The molecule has 8 nitrogen and oxygen atoms in total. The number of hydrogen-bond acceptors (Lipinski definition) is 6. The minimum absolute atomic E-state index is 0.269. The number of ether oxygens (including phenoxy) is 2. The SMILES string of the molecule is CCCCOC(=O)c1ccccc1C(=O)OCCCC.O=C(O)c1ccccc1.O=C(O)c1ccccc1. The molecule has 3 aromatic rings. The van der Waals surface area contributed by atoms with Crippen LogP contribution in [0.1, 0.15) is 81.0 Å². The zero-order valence-corrected chi connectivity index (χ0v) is 21.7. The largest absolute Gasteiger partial charge is 0.478 e. The summed E-state index contributed by atoms with van der Waals surface area (Å²) in [7, 11) is 0. The summed E-state index contributed by atoms with van der Waals surface area (Å²) in [5.74, 6) is -2.70. The summed E-state index contributed by atoms with van der Waals surface area (Å²) < 4.78 is 10.3. The molecule has 0 aliphatic rings. The molecule has 0 heterocycles. The lowest BCUT2D eigenvalue weighted by Crippen LogP contribution is -2.14. The summed E-state index contributed by atoms with van der Waals surface area (Å²) in [5, 5.41) is 16.8. The van der Waals surface area contributed by atoms with E-state index in [9.17, 15) is 19.2 Å². The van der Waals surface area contributed by atoms with Gasteiger partial charge in [-0.3, -0.25) is 0 Å². The number of hydrogen-bond donors (Lipinski definition) is 2. The van der Waals surface area contributed by atoms with Crippen molar-refractivity contribution in [2.75, 3.05) is 13.2 Å². The molecule has 0 spiro atoms. The van der Waals surface area contributed by atoms with E-state index in [1.807, 2.05) is 13.8 Å². The lowest BCUT2D eigenvalue weighted by atomic mass is 10.1. The number of carboxylic acids is 2. The number of benzene rings is 3. The van der Waals surface area contributed by atoms with Crippen LogP contribution in [0.15, 0.2) is 84.9 Å². The first-order valence-corrected chi connectivity index (χ1v) is 12.3. The van der Waals surface area contributed by atoms with Gasteiger partial charge in [-0.15, -0.1) is 0 Å². The van der Waals surface area contributed by atoms with E-state index in [1.165, 1.54) is 0 Å². The summed E-state index contributed by atoms with van der Waals surface area (Å²) in [6, 6.07) is 23.2. The molecular weight excluding hydrogens is 488 g/mol. The summed E-state index contributed by atoms with van der Waals surface area (Å²) in [5.41, 5.74) is 1.20. The number of carboxylic acid groups (broad SMARTS) is 2. The van der Waals surface area contributed by atoms with Crippen molar-refractivity contribution < 1.29 is 38.9 Å². The maximum absolute atomic E-state index is 11.9. The lowest BCUT2D eigenvalue weighted by Gasteiger charge is -2.09. The number of esters is 2. The van der Waals surface area contributed by atoms with Crippen molar-refractivity contribution in [2.45, 2.75) is 39.5 Å². The van der Waals surface area contributed by atoms with Crippen LogP contribution in [-0.4, -0.2) is 47.3 Å². The molecule has 0 radical (unpaired) electrons. The molecule has 8 heteroatoms. The Morgan fingerprint density at radius 3 is 1.13 bits per heavy atom. The fourth-order valence-corrected chi connectivity index (χ4v) is 2.77. The van der Waals surface area contributed by atoms with E-state index < -0.39 is 23.9 Å². The van der Waals surface area contributed by atoms with E-state index in [4.69, 9.17) is 19.7 Å². The lowest BCUT2D eigenvalue weighted by molar-refractivity contribution is 0.0452. The zero-order valence-electron chi connectivity index (χ0n) is 21.7. The van der Waals surface area contributed by atoms with Gasteiger partial charge in [0.2, 0.25) is 0 Å². The van der Waals surface area contributed by atoms with Gasteiger partial charge in [0.05, 0.1) is 35.5 Å². The highest BCUT2D eigenvalue weighted by Crippen LogP contribution is 2.12. The standard InChI is InChI=1S/C16H22O4.2C7H6O2/c1-3-5-11-19-15(17)13-9-7-8-10-14(13)16(18)20-12-6-4-2;2*8-7(9)6-4-2-1-3-5-6/h7-10H,3-6,11-12H2,1-2H3;2*1-5H,(H,8,9). The summed E-state index contributed by atoms with van der Waals surface area (Å²) >= 11 is 0. The molecule has 0 saturated heterocycles. The number of aromatic carboxylic acids is 2. The molecule has 202 valence electrons. The van der Waals surface area contributed by atoms with Crippen LogP contribution >= 0.6 is 0 Å². The highest BCUT2D eigenvalue weighted by molar-refractivity contribution is 6.03. The van der Waals surface area contributed by atoms with Crippen LogP contribution < -0.4 is 0 Å². The molecule has 38 heavy (non-hydrogen) atoms. The summed E-state index contributed by atoms with van der Waals surface area (Å²) in [6.45, 7) is 4.78. The number of carbonyl (C=O) groups excluding carboxylic acids is 2. The van der Waals surface area contributed by atoms with Gasteiger partial charge in [0.25, 0.3) is 0 Å². The zero-order chi connectivity index (χ0) is 28.2. The van der Waals surface area contributed by atoms with Gasteiger partial charge in [-0.25, -0.2) is 19.2 Å². The van der Waals surface area contributed by atoms with Crippen molar-refractivity contribution in [2.24, 2.45) is 0 Å². The van der Waals surface area contributed by atoms with E-state index in [2.05, 4.69) is 0 Å². The first-order chi connectivity index (χ1) is 18.3. The topological polar surface area (TPSA) is 127 Å². The van der Waals surface area contributed by atoms with Crippen molar-refractivity contribution in [3.8, 4) is 0 Å². The molecular formula is C30H34O8. The smallest absolute Gasteiger partial charge is 0.339 e. The molecule has 0 aliphatic carbocycles. The van der Waals surface area contributed by atoms with Gasteiger partial charge in [-0.1, -0.05) is 75.2 Å².